The summed E-state index contributed by atoms with van der Waals surface area (Å²) in [4.78, 5) is 35.9. The molecule has 0 atom stereocenters. The van der Waals surface area contributed by atoms with Gasteiger partial charge in [0.1, 0.15) is 0 Å². The van der Waals surface area contributed by atoms with Crippen molar-refractivity contribution in [1.29, 1.82) is 0 Å². The molecule has 0 aliphatic rings. The number of ketones is 1. The molecule has 6 nitrogen and oxygen atoms in total. The molecule has 0 unspecified atom stereocenters. The first kappa shape index (κ1) is 15.1. The van der Waals surface area contributed by atoms with Crippen LogP contribution in [0.3, 0.4) is 0 Å². The molecule has 0 bridgehead atoms. The first-order valence-electron chi connectivity index (χ1n) is 6.84. The second-order valence-corrected chi connectivity index (χ2v) is 5.73. The van der Waals surface area contributed by atoms with Crippen molar-refractivity contribution in [2.24, 2.45) is 0 Å². The molecule has 0 saturated heterocycles. The zero-order chi connectivity index (χ0) is 16.2. The number of carbonyl (C=O) groups excluding carboxylic acids is 2. The molecule has 2 heterocycles. The molecule has 0 saturated carbocycles. The lowest BCUT2D eigenvalue weighted by atomic mass is 10.1. The minimum atomic E-state index is -0.570. The summed E-state index contributed by atoms with van der Waals surface area (Å²) in [6.07, 6.45) is -0.116. The normalized spacial score (nSPS) is 10.6. The van der Waals surface area contributed by atoms with Crippen molar-refractivity contribution in [3.8, 4) is 0 Å². The number of nitrogens with one attached hydrogen (secondary N) is 1. The van der Waals surface area contributed by atoms with Gasteiger partial charge in [-0.2, -0.15) is 5.10 Å². The largest absolute Gasteiger partial charge is 0.457 e. The van der Waals surface area contributed by atoms with Crippen LogP contribution in [0.2, 0.25) is 0 Å². The number of H-pyrrole nitrogens is 1. The van der Waals surface area contributed by atoms with Crippen LogP contribution in [0.15, 0.2) is 46.6 Å². The van der Waals surface area contributed by atoms with Gasteiger partial charge in [0, 0.05) is 5.39 Å². The van der Waals surface area contributed by atoms with Gasteiger partial charge < -0.3 is 4.74 Å². The lowest BCUT2D eigenvalue weighted by molar-refractivity contribution is -0.141. The Balaban J connectivity index is 1.70. The van der Waals surface area contributed by atoms with Crippen LogP contribution in [0.1, 0.15) is 15.4 Å². The number of Topliss-reactive ketones (excluding diaryl/α,β-unsaturated/α-hetero) is 1. The monoisotopic (exact) mass is 328 g/mol. The maximum Gasteiger partial charge on any atom is 0.312 e. The summed E-state index contributed by atoms with van der Waals surface area (Å²) in [7, 11) is 0. The van der Waals surface area contributed by atoms with E-state index < -0.39 is 5.97 Å². The van der Waals surface area contributed by atoms with E-state index in [9.17, 15) is 14.4 Å². The summed E-state index contributed by atoms with van der Waals surface area (Å²) in [6, 6.07) is 10.3. The summed E-state index contributed by atoms with van der Waals surface area (Å²) in [5.41, 5.74) is 0.0966. The lowest BCUT2D eigenvalue weighted by Gasteiger charge is -2.05. The molecule has 7 heteroatoms. The fourth-order valence-corrected chi connectivity index (χ4v) is 2.80. The highest BCUT2D eigenvalue weighted by Crippen LogP contribution is 2.13. The first-order valence-corrected chi connectivity index (χ1v) is 7.72. The Hall–Kier alpha value is -2.80. The van der Waals surface area contributed by atoms with Gasteiger partial charge in [-0.15, -0.1) is 11.3 Å². The minimum Gasteiger partial charge on any atom is -0.457 e. The van der Waals surface area contributed by atoms with Crippen molar-refractivity contribution in [3.05, 3.63) is 62.7 Å². The predicted molar refractivity (Wildman–Crippen MR) is 85.7 cm³/mol. The Kier molecular flexibility index (Phi) is 4.29. The number of hydrogen-bond donors (Lipinski definition) is 1. The molecule has 23 heavy (non-hydrogen) atoms. The van der Waals surface area contributed by atoms with Gasteiger partial charge in [0.05, 0.1) is 22.4 Å². The van der Waals surface area contributed by atoms with E-state index in [4.69, 9.17) is 4.74 Å². The number of carbonyl (C=O) groups is 2. The SMILES string of the molecule is O=C(Cc1n[nH]c(=O)c2ccccc12)OCC(=O)c1cccs1. The molecule has 3 aromatic rings. The highest BCUT2D eigenvalue weighted by Gasteiger charge is 2.14. The summed E-state index contributed by atoms with van der Waals surface area (Å²) >= 11 is 1.30. The maximum absolute atomic E-state index is 11.9. The fourth-order valence-electron chi connectivity index (χ4n) is 2.15. The van der Waals surface area contributed by atoms with Gasteiger partial charge in [0.25, 0.3) is 5.56 Å². The molecule has 0 spiro atoms. The molecule has 3 rings (SSSR count). The number of aromatic amines is 1. The number of benzene rings is 1. The van der Waals surface area contributed by atoms with Gasteiger partial charge in [0.15, 0.2) is 6.61 Å². The van der Waals surface area contributed by atoms with Gasteiger partial charge in [0.2, 0.25) is 5.78 Å². The molecule has 1 aromatic carbocycles. The Morgan fingerprint density at radius 3 is 2.65 bits per heavy atom. The van der Waals surface area contributed by atoms with E-state index in [1.807, 2.05) is 0 Å². The van der Waals surface area contributed by atoms with Crippen LogP contribution in [-0.4, -0.2) is 28.6 Å². The molecular formula is C16H12N2O4S. The second-order valence-electron chi connectivity index (χ2n) is 4.78. The number of thiophene rings is 1. The van der Waals surface area contributed by atoms with Crippen molar-refractivity contribution < 1.29 is 14.3 Å². The molecule has 116 valence electrons. The van der Waals surface area contributed by atoms with E-state index in [2.05, 4.69) is 10.2 Å². The third-order valence-corrected chi connectivity index (χ3v) is 4.16. The van der Waals surface area contributed by atoms with Gasteiger partial charge in [-0.05, 0) is 17.5 Å². The Morgan fingerprint density at radius 2 is 1.91 bits per heavy atom. The van der Waals surface area contributed by atoms with Crippen molar-refractivity contribution in [3.63, 3.8) is 0 Å². The summed E-state index contributed by atoms with van der Waals surface area (Å²) in [5.74, 6) is -0.813. The minimum absolute atomic E-state index is 0.116. The summed E-state index contributed by atoms with van der Waals surface area (Å²) < 4.78 is 5.00. The zero-order valence-electron chi connectivity index (χ0n) is 11.9. The number of hydrogen-bond acceptors (Lipinski definition) is 6. The number of rotatable bonds is 5. The smallest absolute Gasteiger partial charge is 0.312 e. The van der Waals surface area contributed by atoms with Gasteiger partial charge >= 0.3 is 5.97 Å². The molecule has 0 aliphatic heterocycles. The van der Waals surface area contributed by atoms with E-state index >= 15 is 0 Å². The lowest BCUT2D eigenvalue weighted by Crippen LogP contribution is -2.18. The van der Waals surface area contributed by atoms with Crippen molar-refractivity contribution in [2.45, 2.75) is 6.42 Å². The highest BCUT2D eigenvalue weighted by atomic mass is 32.1. The molecule has 2 aromatic heterocycles. The Morgan fingerprint density at radius 1 is 1.13 bits per heavy atom. The molecule has 0 radical (unpaired) electrons. The fraction of sp³-hybridized carbons (Fsp3) is 0.125. The van der Waals surface area contributed by atoms with E-state index in [1.54, 1.807) is 41.8 Å². The third-order valence-electron chi connectivity index (χ3n) is 3.25. The number of nitrogens with zero attached hydrogens (tertiary/aromatic N) is 1. The van der Waals surface area contributed by atoms with E-state index in [0.29, 0.717) is 21.3 Å². The summed E-state index contributed by atoms with van der Waals surface area (Å²) in [6.45, 7) is -0.305. The van der Waals surface area contributed by atoms with Crippen LogP contribution in [0.25, 0.3) is 10.8 Å². The van der Waals surface area contributed by atoms with Crippen LogP contribution in [0.4, 0.5) is 0 Å². The molecule has 0 fully saturated rings. The van der Waals surface area contributed by atoms with Crippen LogP contribution < -0.4 is 5.56 Å². The van der Waals surface area contributed by atoms with Gasteiger partial charge in [-0.1, -0.05) is 24.3 Å². The van der Waals surface area contributed by atoms with Crippen LogP contribution in [0, 0.1) is 0 Å². The topological polar surface area (TPSA) is 89.1 Å². The van der Waals surface area contributed by atoms with Crippen molar-refractivity contribution in [1.82, 2.24) is 10.2 Å². The van der Waals surface area contributed by atoms with Crippen LogP contribution in [0.5, 0.6) is 0 Å². The standard InChI is InChI=1S/C16H12N2O4S/c19-13(14-6-3-7-23-14)9-22-15(20)8-12-10-4-1-2-5-11(10)16(21)18-17-12/h1-7H,8-9H2,(H,18,21). The molecule has 0 aliphatic carbocycles. The predicted octanol–water partition coefficient (Wildman–Crippen LogP) is 1.95. The number of aromatic nitrogens is 2. The molecular weight excluding hydrogens is 316 g/mol. The Bertz CT molecular complexity index is 915. The average Bonchev–Trinajstić information content (AvgIpc) is 3.10. The molecule has 1 N–H and O–H groups in total. The maximum atomic E-state index is 11.9. The first-order chi connectivity index (χ1) is 11.1. The number of fused-ring (bicyclic) bond motifs is 1. The van der Waals surface area contributed by atoms with Crippen molar-refractivity contribution in [2.75, 3.05) is 6.61 Å². The van der Waals surface area contributed by atoms with E-state index in [1.165, 1.54) is 11.3 Å². The van der Waals surface area contributed by atoms with Crippen LogP contribution in [-0.2, 0) is 16.0 Å². The highest BCUT2D eigenvalue weighted by molar-refractivity contribution is 7.12. The third kappa shape index (κ3) is 3.35. The van der Waals surface area contributed by atoms with Gasteiger partial charge in [-0.3, -0.25) is 14.4 Å². The number of esters is 1. The quantitative estimate of drug-likeness (QED) is 0.571. The number of ether oxygens (including phenoxy) is 1. The van der Waals surface area contributed by atoms with Crippen molar-refractivity contribution >= 4 is 33.9 Å². The average molecular weight is 328 g/mol. The molecule has 0 amide bonds. The Labute approximate surface area is 134 Å². The zero-order valence-corrected chi connectivity index (χ0v) is 12.8. The van der Waals surface area contributed by atoms with E-state index in [-0.39, 0.29) is 24.4 Å². The van der Waals surface area contributed by atoms with E-state index in [0.717, 1.165) is 0 Å². The van der Waals surface area contributed by atoms with Crippen LogP contribution >= 0.6 is 11.3 Å². The van der Waals surface area contributed by atoms with Gasteiger partial charge in [-0.25, -0.2) is 5.10 Å². The second kappa shape index (κ2) is 6.53. The summed E-state index contributed by atoms with van der Waals surface area (Å²) in [5, 5.41) is 9.10.